The lowest BCUT2D eigenvalue weighted by Gasteiger charge is -2.05. The summed E-state index contributed by atoms with van der Waals surface area (Å²) in [6.45, 7) is 4.10. The number of ether oxygens (including phenoxy) is 3. The smallest absolute Gasteiger partial charge is 0.0941 e. The van der Waals surface area contributed by atoms with Gasteiger partial charge in [0.05, 0.1) is 33.2 Å². The van der Waals surface area contributed by atoms with Crippen molar-refractivity contribution in [2.24, 2.45) is 11.5 Å². The van der Waals surface area contributed by atoms with Crippen LogP contribution in [0.3, 0.4) is 0 Å². The molecular formula is C9H22N2O3. The van der Waals surface area contributed by atoms with Crippen molar-refractivity contribution in [3.05, 3.63) is 0 Å². The third kappa shape index (κ3) is 11.8. The summed E-state index contributed by atoms with van der Waals surface area (Å²) in [5, 5.41) is 0. The van der Waals surface area contributed by atoms with Crippen molar-refractivity contribution in [2.45, 2.75) is 12.8 Å². The minimum Gasteiger partial charge on any atom is -0.379 e. The van der Waals surface area contributed by atoms with Gasteiger partial charge >= 0.3 is 0 Å². The molecule has 0 aromatic carbocycles. The Hall–Kier alpha value is -0.200. The van der Waals surface area contributed by atoms with Crippen LogP contribution in [0, 0.1) is 0 Å². The highest BCUT2D eigenvalue weighted by atomic mass is 16.5. The van der Waals surface area contributed by atoms with Crippen LogP contribution in [0.1, 0.15) is 12.8 Å². The van der Waals surface area contributed by atoms with Gasteiger partial charge in [-0.1, -0.05) is 0 Å². The Kier molecular flexibility index (Phi) is 12.6. The third-order valence-corrected chi connectivity index (χ3v) is 1.60. The zero-order valence-electron chi connectivity index (χ0n) is 8.74. The van der Waals surface area contributed by atoms with Gasteiger partial charge in [0.15, 0.2) is 0 Å². The predicted octanol–water partition coefficient (Wildman–Crippen LogP) is -0.309. The lowest BCUT2D eigenvalue weighted by atomic mass is 10.3. The first-order valence-corrected chi connectivity index (χ1v) is 5.05. The first-order valence-electron chi connectivity index (χ1n) is 5.05. The zero-order chi connectivity index (χ0) is 10.5. The van der Waals surface area contributed by atoms with Crippen LogP contribution in [-0.2, 0) is 14.2 Å². The van der Waals surface area contributed by atoms with Crippen LogP contribution in [0.15, 0.2) is 0 Å². The molecule has 0 heterocycles. The molecule has 0 amide bonds. The molecule has 5 nitrogen and oxygen atoms in total. The Morgan fingerprint density at radius 2 is 1.21 bits per heavy atom. The second-order valence-electron chi connectivity index (χ2n) is 2.80. The summed E-state index contributed by atoms with van der Waals surface area (Å²) in [4.78, 5) is 0. The van der Waals surface area contributed by atoms with Crippen LogP contribution >= 0.6 is 0 Å². The van der Waals surface area contributed by atoms with Crippen LogP contribution in [-0.4, -0.2) is 46.3 Å². The molecule has 4 N–H and O–H groups in total. The summed E-state index contributed by atoms with van der Waals surface area (Å²) in [6.07, 6.45) is 2.04. The van der Waals surface area contributed by atoms with Gasteiger partial charge in [-0.2, -0.15) is 0 Å². The SMILES string of the molecule is NCCCCOCCOCCOCN. The van der Waals surface area contributed by atoms with Crippen LogP contribution in [0.2, 0.25) is 0 Å². The van der Waals surface area contributed by atoms with Gasteiger partial charge in [-0.15, -0.1) is 0 Å². The van der Waals surface area contributed by atoms with Gasteiger partial charge in [-0.25, -0.2) is 0 Å². The third-order valence-electron chi connectivity index (χ3n) is 1.60. The molecule has 86 valence electrons. The van der Waals surface area contributed by atoms with E-state index in [9.17, 15) is 0 Å². The second kappa shape index (κ2) is 12.8. The van der Waals surface area contributed by atoms with Crippen molar-refractivity contribution in [3.63, 3.8) is 0 Å². The molecule has 0 aliphatic rings. The van der Waals surface area contributed by atoms with Gasteiger partial charge in [-0.05, 0) is 19.4 Å². The molecule has 0 spiro atoms. The maximum atomic E-state index is 5.33. The van der Waals surface area contributed by atoms with E-state index in [0.717, 1.165) is 26.0 Å². The highest BCUT2D eigenvalue weighted by Gasteiger charge is 1.90. The van der Waals surface area contributed by atoms with Crippen LogP contribution in [0.4, 0.5) is 0 Å². The quantitative estimate of drug-likeness (QED) is 0.358. The van der Waals surface area contributed by atoms with E-state index >= 15 is 0 Å². The fourth-order valence-corrected chi connectivity index (χ4v) is 0.872. The average molecular weight is 206 g/mol. The van der Waals surface area contributed by atoms with Crippen molar-refractivity contribution >= 4 is 0 Å². The summed E-state index contributed by atoms with van der Waals surface area (Å²) >= 11 is 0. The van der Waals surface area contributed by atoms with Gasteiger partial charge < -0.3 is 25.7 Å². The second-order valence-corrected chi connectivity index (χ2v) is 2.80. The van der Waals surface area contributed by atoms with Gasteiger partial charge in [-0.3, -0.25) is 0 Å². The summed E-state index contributed by atoms with van der Waals surface area (Å²) < 4.78 is 15.4. The largest absolute Gasteiger partial charge is 0.379 e. The van der Waals surface area contributed by atoms with Crippen LogP contribution < -0.4 is 11.5 Å². The van der Waals surface area contributed by atoms with Crippen molar-refractivity contribution < 1.29 is 14.2 Å². The maximum Gasteiger partial charge on any atom is 0.0941 e. The first-order chi connectivity index (χ1) is 6.91. The molecular weight excluding hydrogens is 184 g/mol. The molecule has 0 aromatic rings. The summed E-state index contributed by atoms with van der Waals surface area (Å²) in [5.41, 5.74) is 10.5. The molecule has 0 atom stereocenters. The van der Waals surface area contributed by atoms with E-state index in [1.165, 1.54) is 0 Å². The fourth-order valence-electron chi connectivity index (χ4n) is 0.872. The number of hydrogen-bond donors (Lipinski definition) is 2. The Labute approximate surface area is 85.7 Å². The fraction of sp³-hybridized carbons (Fsp3) is 1.00. The predicted molar refractivity (Wildman–Crippen MR) is 54.9 cm³/mol. The Morgan fingerprint density at radius 3 is 1.79 bits per heavy atom. The molecule has 0 rings (SSSR count). The summed E-state index contributed by atoms with van der Waals surface area (Å²) in [6, 6.07) is 0. The first kappa shape index (κ1) is 13.8. The molecule has 0 aliphatic heterocycles. The molecule has 5 heteroatoms. The molecule has 0 fully saturated rings. The van der Waals surface area contributed by atoms with Gasteiger partial charge in [0.1, 0.15) is 0 Å². The summed E-state index contributed by atoms with van der Waals surface area (Å²) in [7, 11) is 0. The van der Waals surface area contributed by atoms with Gasteiger partial charge in [0, 0.05) is 6.61 Å². The minimum absolute atomic E-state index is 0.249. The van der Waals surface area contributed by atoms with Crippen molar-refractivity contribution in [2.75, 3.05) is 46.3 Å². The molecule has 14 heavy (non-hydrogen) atoms. The summed E-state index contributed by atoms with van der Waals surface area (Å²) in [5.74, 6) is 0. The van der Waals surface area contributed by atoms with Crippen LogP contribution in [0.25, 0.3) is 0 Å². The van der Waals surface area contributed by atoms with Crippen LogP contribution in [0.5, 0.6) is 0 Å². The van der Waals surface area contributed by atoms with E-state index in [4.69, 9.17) is 25.7 Å². The van der Waals surface area contributed by atoms with E-state index in [0.29, 0.717) is 26.4 Å². The number of rotatable bonds is 11. The van der Waals surface area contributed by atoms with Crippen molar-refractivity contribution in [1.82, 2.24) is 0 Å². The standard InChI is InChI=1S/C9H22N2O3/c10-3-1-2-4-12-5-6-13-7-8-14-9-11/h1-11H2. The Balaban J connectivity index is 2.78. The maximum absolute atomic E-state index is 5.33. The number of nitrogens with two attached hydrogens (primary N) is 2. The lowest BCUT2D eigenvalue weighted by molar-refractivity contribution is 0.0152. The van der Waals surface area contributed by atoms with Gasteiger partial charge in [0.2, 0.25) is 0 Å². The normalized spacial score (nSPS) is 10.7. The van der Waals surface area contributed by atoms with E-state index in [2.05, 4.69) is 0 Å². The highest BCUT2D eigenvalue weighted by Crippen LogP contribution is 1.87. The molecule has 0 saturated heterocycles. The molecule has 0 bridgehead atoms. The molecule has 0 radical (unpaired) electrons. The van der Waals surface area contributed by atoms with Gasteiger partial charge in [0.25, 0.3) is 0 Å². The zero-order valence-corrected chi connectivity index (χ0v) is 8.74. The lowest BCUT2D eigenvalue weighted by Crippen LogP contribution is -2.12. The molecule has 0 aliphatic carbocycles. The van der Waals surface area contributed by atoms with E-state index < -0.39 is 0 Å². The average Bonchev–Trinajstić information content (AvgIpc) is 2.21. The van der Waals surface area contributed by atoms with Crippen molar-refractivity contribution in [3.8, 4) is 0 Å². The Morgan fingerprint density at radius 1 is 0.643 bits per heavy atom. The number of hydrogen-bond acceptors (Lipinski definition) is 5. The minimum atomic E-state index is 0.249. The van der Waals surface area contributed by atoms with Crippen molar-refractivity contribution in [1.29, 1.82) is 0 Å². The molecule has 0 aromatic heterocycles. The highest BCUT2D eigenvalue weighted by molar-refractivity contribution is 4.39. The number of unbranched alkanes of at least 4 members (excludes halogenated alkanes) is 1. The Bertz CT molecular complexity index is 92.1. The molecule has 0 saturated carbocycles. The monoisotopic (exact) mass is 206 g/mol. The van der Waals surface area contributed by atoms with E-state index in [1.54, 1.807) is 0 Å². The topological polar surface area (TPSA) is 79.7 Å². The van der Waals surface area contributed by atoms with E-state index in [1.807, 2.05) is 0 Å². The molecule has 0 unspecified atom stereocenters. The van der Waals surface area contributed by atoms with E-state index in [-0.39, 0.29) is 6.73 Å².